The van der Waals surface area contributed by atoms with E-state index in [0.29, 0.717) is 5.92 Å². The highest BCUT2D eigenvalue weighted by Gasteiger charge is 2.14. The van der Waals surface area contributed by atoms with Gasteiger partial charge >= 0.3 is 0 Å². The summed E-state index contributed by atoms with van der Waals surface area (Å²) in [6.07, 6.45) is 2.73. The molecule has 1 aromatic heterocycles. The van der Waals surface area contributed by atoms with Gasteiger partial charge in [0.1, 0.15) is 0 Å². The van der Waals surface area contributed by atoms with E-state index in [0.717, 1.165) is 19.0 Å². The number of rotatable bonds is 6. The van der Waals surface area contributed by atoms with Crippen LogP contribution in [-0.2, 0) is 6.54 Å². The summed E-state index contributed by atoms with van der Waals surface area (Å²) in [7, 11) is 1.83. The first kappa shape index (κ1) is 15.3. The Labute approximate surface area is 126 Å². The molecule has 0 aliphatic carbocycles. The second-order valence-corrected chi connectivity index (χ2v) is 6.53. The highest BCUT2D eigenvalue weighted by molar-refractivity contribution is 7.09. The van der Waals surface area contributed by atoms with Gasteiger partial charge in [0.05, 0.1) is 6.54 Å². The monoisotopic (exact) mass is 294 g/mol. The zero-order chi connectivity index (χ0) is 14.2. The van der Waals surface area contributed by atoms with Crippen molar-refractivity contribution in [2.75, 3.05) is 33.2 Å². The summed E-state index contributed by atoms with van der Waals surface area (Å²) in [5.74, 6) is 1.54. The van der Waals surface area contributed by atoms with E-state index in [1.165, 1.54) is 37.4 Å². The summed E-state index contributed by atoms with van der Waals surface area (Å²) in [5, 5.41) is 8.88. The van der Waals surface area contributed by atoms with Crippen LogP contribution in [0.25, 0.3) is 0 Å². The Morgan fingerprint density at radius 2 is 2.20 bits per heavy atom. The van der Waals surface area contributed by atoms with E-state index in [1.807, 2.05) is 7.05 Å². The quantitative estimate of drug-likeness (QED) is 0.624. The Morgan fingerprint density at radius 1 is 1.40 bits per heavy atom. The maximum atomic E-state index is 4.28. The number of nitrogens with one attached hydrogen (secondary N) is 2. The molecule has 1 atom stereocenters. The molecule has 0 aromatic carbocycles. The smallest absolute Gasteiger partial charge is 0.191 e. The number of nitrogens with zero attached hydrogens (tertiary/aromatic N) is 2. The number of thiophene rings is 1. The molecule has 1 unspecified atom stereocenters. The molecule has 2 N–H and O–H groups in total. The van der Waals surface area contributed by atoms with Gasteiger partial charge in [-0.05, 0) is 43.3 Å². The summed E-state index contributed by atoms with van der Waals surface area (Å²) in [6, 6.07) is 4.22. The van der Waals surface area contributed by atoms with Gasteiger partial charge in [0.25, 0.3) is 0 Å². The predicted molar refractivity (Wildman–Crippen MR) is 87.4 cm³/mol. The molecular formula is C15H26N4S. The molecule has 1 aliphatic heterocycles. The van der Waals surface area contributed by atoms with Crippen molar-refractivity contribution in [3.63, 3.8) is 0 Å². The number of likely N-dealkylation sites (tertiary alicyclic amines) is 1. The first-order chi connectivity index (χ1) is 9.78. The van der Waals surface area contributed by atoms with Crippen LogP contribution in [0.5, 0.6) is 0 Å². The van der Waals surface area contributed by atoms with E-state index in [2.05, 4.69) is 45.0 Å². The second-order valence-electron chi connectivity index (χ2n) is 5.50. The average molecular weight is 294 g/mol. The topological polar surface area (TPSA) is 39.7 Å². The average Bonchev–Trinajstić information content (AvgIpc) is 3.12. The van der Waals surface area contributed by atoms with Gasteiger partial charge in [-0.2, -0.15) is 0 Å². The van der Waals surface area contributed by atoms with Crippen LogP contribution in [-0.4, -0.2) is 44.1 Å². The molecule has 0 saturated carbocycles. The molecule has 1 aromatic rings. The van der Waals surface area contributed by atoms with E-state index in [4.69, 9.17) is 0 Å². The van der Waals surface area contributed by atoms with Gasteiger partial charge < -0.3 is 15.5 Å². The van der Waals surface area contributed by atoms with Crippen LogP contribution < -0.4 is 10.6 Å². The lowest BCUT2D eigenvalue weighted by Crippen LogP contribution is -2.40. The third kappa shape index (κ3) is 5.13. The van der Waals surface area contributed by atoms with Crippen LogP contribution in [0.3, 0.4) is 0 Å². The summed E-state index contributed by atoms with van der Waals surface area (Å²) >= 11 is 1.77. The standard InChI is InChI=1S/C15H26N4S/c1-13(12-19-7-3-4-8-19)10-17-15(16-2)18-11-14-6-5-9-20-14/h5-6,9,13H,3-4,7-8,10-12H2,1-2H3,(H2,16,17,18). The molecule has 0 amide bonds. The van der Waals surface area contributed by atoms with Crippen LogP contribution in [0.4, 0.5) is 0 Å². The number of hydrogen-bond donors (Lipinski definition) is 2. The van der Waals surface area contributed by atoms with Crippen molar-refractivity contribution >= 4 is 17.3 Å². The van der Waals surface area contributed by atoms with Crippen LogP contribution in [0, 0.1) is 5.92 Å². The summed E-state index contributed by atoms with van der Waals surface area (Å²) < 4.78 is 0. The van der Waals surface area contributed by atoms with Crippen LogP contribution >= 0.6 is 11.3 Å². The normalized spacial score (nSPS) is 18.2. The van der Waals surface area contributed by atoms with E-state index in [-0.39, 0.29) is 0 Å². The highest BCUT2D eigenvalue weighted by Crippen LogP contribution is 2.10. The minimum atomic E-state index is 0.647. The lowest BCUT2D eigenvalue weighted by Gasteiger charge is -2.21. The van der Waals surface area contributed by atoms with Gasteiger partial charge in [0.15, 0.2) is 5.96 Å². The number of aliphatic imine (C=N–C) groups is 1. The Hall–Kier alpha value is -1.07. The number of hydrogen-bond acceptors (Lipinski definition) is 3. The Kier molecular flexibility index (Phi) is 6.33. The van der Waals surface area contributed by atoms with Crippen LogP contribution in [0.15, 0.2) is 22.5 Å². The molecule has 1 fully saturated rings. The maximum absolute atomic E-state index is 4.28. The molecular weight excluding hydrogens is 268 g/mol. The van der Waals surface area contributed by atoms with Crippen LogP contribution in [0.1, 0.15) is 24.6 Å². The van der Waals surface area contributed by atoms with E-state index in [1.54, 1.807) is 11.3 Å². The molecule has 1 aliphatic rings. The van der Waals surface area contributed by atoms with E-state index < -0.39 is 0 Å². The minimum Gasteiger partial charge on any atom is -0.356 e. The van der Waals surface area contributed by atoms with Gasteiger partial charge in [0, 0.05) is 25.0 Å². The SMILES string of the molecule is CN=C(NCc1cccs1)NCC(C)CN1CCCC1. The molecule has 1 saturated heterocycles. The lowest BCUT2D eigenvalue weighted by atomic mass is 10.1. The van der Waals surface area contributed by atoms with Crippen molar-refractivity contribution < 1.29 is 0 Å². The first-order valence-electron chi connectivity index (χ1n) is 7.47. The van der Waals surface area contributed by atoms with Crippen molar-refractivity contribution in [2.24, 2.45) is 10.9 Å². The maximum Gasteiger partial charge on any atom is 0.191 e. The fraction of sp³-hybridized carbons (Fsp3) is 0.667. The summed E-state index contributed by atoms with van der Waals surface area (Å²) in [5.41, 5.74) is 0. The van der Waals surface area contributed by atoms with E-state index >= 15 is 0 Å². The molecule has 0 radical (unpaired) electrons. The van der Waals surface area contributed by atoms with Crippen molar-refractivity contribution in [1.29, 1.82) is 0 Å². The molecule has 4 nitrogen and oxygen atoms in total. The predicted octanol–water partition coefficient (Wildman–Crippen LogP) is 2.14. The first-order valence-corrected chi connectivity index (χ1v) is 8.35. The fourth-order valence-corrected chi connectivity index (χ4v) is 3.19. The summed E-state index contributed by atoms with van der Waals surface area (Å²) in [4.78, 5) is 8.17. The largest absolute Gasteiger partial charge is 0.356 e. The van der Waals surface area contributed by atoms with Crippen molar-refractivity contribution in [2.45, 2.75) is 26.3 Å². The van der Waals surface area contributed by atoms with Gasteiger partial charge in [-0.15, -0.1) is 11.3 Å². The van der Waals surface area contributed by atoms with E-state index in [9.17, 15) is 0 Å². The molecule has 2 rings (SSSR count). The third-order valence-electron chi connectivity index (χ3n) is 3.62. The summed E-state index contributed by atoms with van der Waals surface area (Å²) in [6.45, 7) is 7.86. The van der Waals surface area contributed by atoms with Crippen molar-refractivity contribution in [1.82, 2.24) is 15.5 Å². The highest BCUT2D eigenvalue weighted by atomic mass is 32.1. The Balaban J connectivity index is 1.65. The van der Waals surface area contributed by atoms with Crippen LogP contribution in [0.2, 0.25) is 0 Å². The zero-order valence-corrected chi connectivity index (χ0v) is 13.4. The van der Waals surface area contributed by atoms with Gasteiger partial charge in [-0.3, -0.25) is 4.99 Å². The molecule has 112 valence electrons. The van der Waals surface area contributed by atoms with Gasteiger partial charge in [-0.25, -0.2) is 0 Å². The van der Waals surface area contributed by atoms with Crippen molar-refractivity contribution in [3.05, 3.63) is 22.4 Å². The van der Waals surface area contributed by atoms with Crippen molar-refractivity contribution in [3.8, 4) is 0 Å². The fourth-order valence-electron chi connectivity index (χ4n) is 2.55. The Bertz CT molecular complexity index is 396. The lowest BCUT2D eigenvalue weighted by molar-refractivity contribution is 0.287. The molecule has 0 spiro atoms. The molecule has 20 heavy (non-hydrogen) atoms. The third-order valence-corrected chi connectivity index (χ3v) is 4.50. The molecule has 2 heterocycles. The molecule has 5 heteroatoms. The zero-order valence-electron chi connectivity index (χ0n) is 12.6. The Morgan fingerprint density at radius 3 is 2.85 bits per heavy atom. The van der Waals surface area contributed by atoms with Gasteiger partial charge in [-0.1, -0.05) is 13.0 Å². The van der Waals surface area contributed by atoms with Gasteiger partial charge in [0.2, 0.25) is 0 Å². The number of guanidine groups is 1. The molecule has 0 bridgehead atoms. The second kappa shape index (κ2) is 8.27. The minimum absolute atomic E-state index is 0.647.